The molecule has 0 saturated carbocycles. The summed E-state index contributed by atoms with van der Waals surface area (Å²) >= 11 is 5.51. The number of hydrogen-bond donors (Lipinski definition) is 2. The molecule has 8 heteroatoms. The summed E-state index contributed by atoms with van der Waals surface area (Å²) in [5, 5.41) is 6.17. The van der Waals surface area contributed by atoms with E-state index in [0.29, 0.717) is 4.68 Å². The number of aryl methyl sites for hydroxylation is 1. The van der Waals surface area contributed by atoms with E-state index in [1.807, 2.05) is 0 Å². The number of nitrogens with two attached hydrogens (primary N) is 1. The molecular weight excluding hydrogens is 222 g/mol. The van der Waals surface area contributed by atoms with Crippen LogP contribution in [0.1, 0.15) is 12.7 Å². The molecule has 1 unspecified atom stereocenters. The molecule has 0 fully saturated rings. The number of nitrogens with zero attached hydrogens (tertiary/aromatic N) is 3. The highest BCUT2D eigenvalue weighted by molar-refractivity contribution is 6.18. The third-order valence-electron chi connectivity index (χ3n) is 1.77. The fourth-order valence-electron chi connectivity index (χ4n) is 0.919. The summed E-state index contributed by atoms with van der Waals surface area (Å²) in [5.41, 5.74) is -0.688. The highest BCUT2D eigenvalue weighted by Crippen LogP contribution is 1.88. The number of alkyl halides is 1. The number of amides is 1. The van der Waals surface area contributed by atoms with Gasteiger partial charge in [-0.1, -0.05) is 0 Å². The van der Waals surface area contributed by atoms with Crippen LogP contribution in [0.2, 0.25) is 0 Å². The number of halogens is 1. The average Bonchev–Trinajstić information content (AvgIpc) is 2.45. The molecular formula is C7H12ClN5O2. The summed E-state index contributed by atoms with van der Waals surface area (Å²) in [4.78, 5) is 22.8. The molecule has 1 rings (SSSR count). The van der Waals surface area contributed by atoms with Crippen molar-refractivity contribution in [3.8, 4) is 0 Å². The Kier molecular flexibility index (Phi) is 3.35. The third-order valence-corrected chi connectivity index (χ3v) is 2.24. The first-order valence-electron chi connectivity index (χ1n) is 4.28. The maximum atomic E-state index is 11.5. The van der Waals surface area contributed by atoms with Crippen LogP contribution in [0.4, 0.5) is 4.79 Å². The second-order valence-corrected chi connectivity index (χ2v) is 3.43. The molecule has 0 spiro atoms. The standard InChI is InChI=1S/C7H12ClN5O2/c1-4(3-8)10-6(14)13-7(15)12(9)5(2)11-13/h4H,3,9H2,1-2H3,(H,10,14). The second-order valence-electron chi connectivity index (χ2n) is 3.12. The minimum absolute atomic E-state index is 0.241. The Bertz CT molecular complexity index is 424. The molecule has 1 aromatic heterocycles. The van der Waals surface area contributed by atoms with Crippen LogP contribution in [0.25, 0.3) is 0 Å². The van der Waals surface area contributed by atoms with E-state index in [0.717, 1.165) is 4.68 Å². The van der Waals surface area contributed by atoms with Gasteiger partial charge < -0.3 is 11.2 Å². The van der Waals surface area contributed by atoms with Crippen LogP contribution in [-0.2, 0) is 0 Å². The molecule has 0 aliphatic carbocycles. The Morgan fingerprint density at radius 3 is 2.73 bits per heavy atom. The molecule has 0 bridgehead atoms. The molecule has 0 radical (unpaired) electrons. The first-order chi connectivity index (χ1) is 6.97. The smallest absolute Gasteiger partial charge is 0.333 e. The highest BCUT2D eigenvalue weighted by Gasteiger charge is 2.15. The topological polar surface area (TPSA) is 94.9 Å². The van der Waals surface area contributed by atoms with E-state index in [1.54, 1.807) is 6.92 Å². The highest BCUT2D eigenvalue weighted by atomic mass is 35.5. The van der Waals surface area contributed by atoms with E-state index in [-0.39, 0.29) is 17.7 Å². The van der Waals surface area contributed by atoms with Gasteiger partial charge in [0, 0.05) is 11.9 Å². The van der Waals surface area contributed by atoms with Crippen molar-refractivity contribution >= 4 is 17.6 Å². The van der Waals surface area contributed by atoms with Gasteiger partial charge in [0.2, 0.25) is 0 Å². The van der Waals surface area contributed by atoms with Crippen molar-refractivity contribution in [1.29, 1.82) is 0 Å². The first kappa shape index (κ1) is 11.6. The summed E-state index contributed by atoms with van der Waals surface area (Å²) < 4.78 is 1.46. The lowest BCUT2D eigenvalue weighted by Gasteiger charge is -2.08. The van der Waals surface area contributed by atoms with Crippen LogP contribution in [0.3, 0.4) is 0 Å². The second kappa shape index (κ2) is 4.35. The van der Waals surface area contributed by atoms with Gasteiger partial charge in [-0.15, -0.1) is 21.4 Å². The third kappa shape index (κ3) is 2.30. The molecule has 1 amide bonds. The number of nitrogens with one attached hydrogen (secondary N) is 1. The molecule has 15 heavy (non-hydrogen) atoms. The maximum Gasteiger partial charge on any atom is 0.373 e. The Hall–Kier alpha value is -1.50. The normalized spacial score (nSPS) is 12.5. The van der Waals surface area contributed by atoms with Gasteiger partial charge in [0.05, 0.1) is 0 Å². The van der Waals surface area contributed by atoms with E-state index in [2.05, 4.69) is 10.4 Å². The van der Waals surface area contributed by atoms with Gasteiger partial charge in [0.25, 0.3) is 0 Å². The van der Waals surface area contributed by atoms with Crippen LogP contribution < -0.4 is 16.8 Å². The summed E-state index contributed by atoms with van der Waals surface area (Å²) in [6.07, 6.45) is 0. The zero-order valence-corrected chi connectivity index (χ0v) is 9.15. The number of nitrogen functional groups attached to an aromatic ring is 1. The predicted molar refractivity (Wildman–Crippen MR) is 55.5 cm³/mol. The van der Waals surface area contributed by atoms with Crippen molar-refractivity contribution in [2.45, 2.75) is 19.9 Å². The van der Waals surface area contributed by atoms with Gasteiger partial charge in [-0.25, -0.2) is 9.59 Å². The van der Waals surface area contributed by atoms with Crippen molar-refractivity contribution in [3.05, 3.63) is 16.3 Å². The molecule has 0 aliphatic rings. The Morgan fingerprint density at radius 2 is 2.33 bits per heavy atom. The minimum Gasteiger partial charge on any atom is -0.333 e. The van der Waals surface area contributed by atoms with E-state index in [4.69, 9.17) is 17.4 Å². The van der Waals surface area contributed by atoms with Crippen molar-refractivity contribution in [2.75, 3.05) is 11.7 Å². The summed E-state index contributed by atoms with van der Waals surface area (Å²) in [5.74, 6) is 5.83. The van der Waals surface area contributed by atoms with Crippen LogP contribution in [0.15, 0.2) is 4.79 Å². The number of hydrogen-bond acceptors (Lipinski definition) is 4. The van der Waals surface area contributed by atoms with E-state index >= 15 is 0 Å². The van der Waals surface area contributed by atoms with Crippen LogP contribution >= 0.6 is 11.6 Å². The van der Waals surface area contributed by atoms with Crippen LogP contribution in [0.5, 0.6) is 0 Å². The fourth-order valence-corrected chi connectivity index (χ4v) is 0.996. The zero-order valence-electron chi connectivity index (χ0n) is 8.40. The quantitative estimate of drug-likeness (QED) is 0.519. The van der Waals surface area contributed by atoms with Crippen molar-refractivity contribution in [2.24, 2.45) is 0 Å². The molecule has 0 saturated heterocycles. The maximum absolute atomic E-state index is 11.5. The Morgan fingerprint density at radius 1 is 1.73 bits per heavy atom. The van der Waals surface area contributed by atoms with Crippen molar-refractivity contribution in [3.63, 3.8) is 0 Å². The number of rotatable bonds is 2. The number of aromatic nitrogens is 3. The lowest BCUT2D eigenvalue weighted by Crippen LogP contribution is -2.43. The van der Waals surface area contributed by atoms with E-state index in [1.165, 1.54) is 6.92 Å². The Labute approximate surface area is 90.8 Å². The minimum atomic E-state index is -0.688. The molecule has 1 aromatic rings. The van der Waals surface area contributed by atoms with Gasteiger partial charge >= 0.3 is 11.7 Å². The molecule has 0 aliphatic heterocycles. The SMILES string of the molecule is Cc1nn(C(=O)NC(C)CCl)c(=O)n1N. The van der Waals surface area contributed by atoms with Gasteiger partial charge in [-0.3, -0.25) is 0 Å². The molecule has 1 heterocycles. The van der Waals surface area contributed by atoms with Crippen LogP contribution in [0, 0.1) is 6.92 Å². The molecule has 0 aromatic carbocycles. The lowest BCUT2D eigenvalue weighted by molar-refractivity contribution is 0.236. The molecule has 7 nitrogen and oxygen atoms in total. The molecule has 3 N–H and O–H groups in total. The summed E-state index contributed by atoms with van der Waals surface area (Å²) in [7, 11) is 0. The fraction of sp³-hybridized carbons (Fsp3) is 0.571. The monoisotopic (exact) mass is 233 g/mol. The van der Waals surface area contributed by atoms with Gasteiger partial charge in [0.15, 0.2) is 5.82 Å². The van der Waals surface area contributed by atoms with Gasteiger partial charge in [-0.2, -0.15) is 4.68 Å². The average molecular weight is 234 g/mol. The van der Waals surface area contributed by atoms with Gasteiger partial charge in [-0.05, 0) is 13.8 Å². The van der Waals surface area contributed by atoms with Crippen molar-refractivity contribution in [1.82, 2.24) is 19.8 Å². The molecule has 84 valence electrons. The zero-order chi connectivity index (χ0) is 11.6. The predicted octanol–water partition coefficient (Wildman–Crippen LogP) is -0.748. The summed E-state index contributed by atoms with van der Waals surface area (Å²) in [6.45, 7) is 3.23. The lowest BCUT2D eigenvalue weighted by atomic mass is 10.4. The number of carbonyl (C=O) groups excluding carboxylic acids is 1. The number of carbonyl (C=O) groups is 1. The first-order valence-corrected chi connectivity index (χ1v) is 4.81. The largest absolute Gasteiger partial charge is 0.373 e. The van der Waals surface area contributed by atoms with Crippen molar-refractivity contribution < 1.29 is 4.79 Å². The van der Waals surface area contributed by atoms with E-state index in [9.17, 15) is 9.59 Å². The molecule has 1 atom stereocenters. The summed E-state index contributed by atoms with van der Waals surface area (Å²) in [6, 6.07) is -0.880. The van der Waals surface area contributed by atoms with Gasteiger partial charge in [0.1, 0.15) is 0 Å². The van der Waals surface area contributed by atoms with Crippen LogP contribution in [-0.4, -0.2) is 32.4 Å². The van der Waals surface area contributed by atoms with E-state index < -0.39 is 11.7 Å². The Balaban J connectivity index is 2.93.